The van der Waals surface area contributed by atoms with Crippen molar-refractivity contribution in [1.82, 2.24) is 4.90 Å². The first-order valence-corrected chi connectivity index (χ1v) is 7.20. The first-order valence-electron chi connectivity index (χ1n) is 7.20. The van der Waals surface area contributed by atoms with Gasteiger partial charge < -0.3 is 4.74 Å². The first-order chi connectivity index (χ1) is 9.36. The number of nitrogens with zero attached hydrogens (tertiary/aromatic N) is 1. The van der Waals surface area contributed by atoms with Gasteiger partial charge in [0, 0.05) is 31.7 Å². The van der Waals surface area contributed by atoms with Crippen molar-refractivity contribution in [3.05, 3.63) is 35.9 Å². The van der Waals surface area contributed by atoms with Gasteiger partial charge >= 0.3 is 0 Å². The van der Waals surface area contributed by atoms with E-state index < -0.39 is 0 Å². The van der Waals surface area contributed by atoms with Crippen molar-refractivity contribution in [2.45, 2.75) is 25.5 Å². The number of piperidine rings is 1. The molecule has 0 aliphatic carbocycles. The Morgan fingerprint density at radius 3 is 2.79 bits per heavy atom. The highest BCUT2D eigenvalue weighted by Gasteiger charge is 2.35. The minimum absolute atomic E-state index is 0.313. The number of benzene rings is 1. The summed E-state index contributed by atoms with van der Waals surface area (Å²) < 4.78 is 5.59. The molecule has 3 aliphatic heterocycles. The molecule has 0 aromatic heterocycles. The van der Waals surface area contributed by atoms with E-state index in [0.717, 1.165) is 24.4 Å². The molecule has 4 atom stereocenters. The minimum atomic E-state index is 0.313. The van der Waals surface area contributed by atoms with E-state index in [0.29, 0.717) is 12.1 Å². The van der Waals surface area contributed by atoms with E-state index in [1.165, 1.54) is 19.4 Å². The lowest BCUT2D eigenvalue weighted by Gasteiger charge is -2.34. The van der Waals surface area contributed by atoms with Gasteiger partial charge in [-0.25, -0.2) is 0 Å². The molecule has 4 rings (SSSR count). The molecule has 2 bridgehead atoms. The maximum atomic E-state index is 5.59. The summed E-state index contributed by atoms with van der Waals surface area (Å²) in [5.74, 6) is 8.11. The lowest BCUT2D eigenvalue weighted by atomic mass is 9.85. The number of fused-ring (bicyclic) bond motifs is 4. The monoisotopic (exact) mass is 255 g/mol. The van der Waals surface area contributed by atoms with Crippen molar-refractivity contribution in [2.75, 3.05) is 20.2 Å². The van der Waals surface area contributed by atoms with E-state index in [1.54, 1.807) is 0 Å². The highest BCUT2D eigenvalue weighted by molar-refractivity contribution is 5.34. The highest BCUT2D eigenvalue weighted by atomic mass is 16.5. The van der Waals surface area contributed by atoms with Gasteiger partial charge in [0.05, 0.1) is 0 Å². The Kier molecular flexibility index (Phi) is 3.87. The van der Waals surface area contributed by atoms with Crippen LogP contribution >= 0.6 is 0 Å². The van der Waals surface area contributed by atoms with Crippen molar-refractivity contribution in [1.29, 1.82) is 0 Å². The van der Waals surface area contributed by atoms with Gasteiger partial charge in [0.25, 0.3) is 0 Å². The van der Waals surface area contributed by atoms with Gasteiger partial charge in [-0.05, 0) is 37.3 Å². The summed E-state index contributed by atoms with van der Waals surface area (Å²) >= 11 is 0. The molecule has 3 saturated heterocycles. The topological polar surface area (TPSA) is 12.5 Å². The predicted molar refractivity (Wildman–Crippen MR) is 76.5 cm³/mol. The fourth-order valence-electron chi connectivity index (χ4n) is 3.30. The first kappa shape index (κ1) is 12.7. The molecule has 3 fully saturated rings. The fourth-order valence-corrected chi connectivity index (χ4v) is 3.30. The second-order valence-corrected chi connectivity index (χ2v) is 5.55. The van der Waals surface area contributed by atoms with Crippen LogP contribution in [0.1, 0.15) is 24.8 Å². The van der Waals surface area contributed by atoms with E-state index in [9.17, 15) is 0 Å². The van der Waals surface area contributed by atoms with E-state index in [1.807, 2.05) is 25.3 Å². The zero-order chi connectivity index (χ0) is 13.1. The van der Waals surface area contributed by atoms with Crippen LogP contribution in [0.3, 0.4) is 0 Å². The summed E-state index contributed by atoms with van der Waals surface area (Å²) in [6.45, 7) is 2.25. The minimum Gasteiger partial charge on any atom is -0.366 e. The highest BCUT2D eigenvalue weighted by Crippen LogP contribution is 2.34. The van der Waals surface area contributed by atoms with Gasteiger partial charge in [0.1, 0.15) is 6.23 Å². The molecule has 0 spiro atoms. The van der Waals surface area contributed by atoms with Crippen LogP contribution in [-0.4, -0.2) is 31.3 Å². The Morgan fingerprint density at radius 2 is 2.00 bits per heavy atom. The zero-order valence-corrected chi connectivity index (χ0v) is 11.5. The summed E-state index contributed by atoms with van der Waals surface area (Å²) in [5.41, 5.74) is 1.13. The van der Waals surface area contributed by atoms with Crippen molar-refractivity contribution in [3.63, 3.8) is 0 Å². The van der Waals surface area contributed by atoms with Gasteiger partial charge in [-0.15, -0.1) is 0 Å². The predicted octanol–water partition coefficient (Wildman–Crippen LogP) is 2.74. The SMILES string of the molecule is CO[C@H]1CC[C@@H]2CCN1C[C@@H]2C#Cc1ccccc1. The lowest BCUT2D eigenvalue weighted by molar-refractivity contribution is -0.0376. The molecule has 0 amide bonds. The van der Waals surface area contributed by atoms with Crippen molar-refractivity contribution in [3.8, 4) is 11.8 Å². The maximum absolute atomic E-state index is 5.59. The van der Waals surface area contributed by atoms with Gasteiger partial charge in [-0.2, -0.15) is 0 Å². The molecule has 3 heterocycles. The molecular weight excluding hydrogens is 234 g/mol. The molecule has 1 aromatic carbocycles. The van der Waals surface area contributed by atoms with Gasteiger partial charge in [-0.3, -0.25) is 4.90 Å². The summed E-state index contributed by atoms with van der Waals surface area (Å²) in [4.78, 5) is 2.47. The molecule has 2 nitrogen and oxygen atoms in total. The third kappa shape index (κ3) is 2.83. The molecule has 1 aromatic rings. The van der Waals surface area contributed by atoms with Crippen LogP contribution in [0.2, 0.25) is 0 Å². The molecule has 2 heteroatoms. The largest absolute Gasteiger partial charge is 0.366 e. The van der Waals surface area contributed by atoms with Crippen molar-refractivity contribution in [2.24, 2.45) is 11.8 Å². The smallest absolute Gasteiger partial charge is 0.110 e. The molecule has 0 radical (unpaired) electrons. The van der Waals surface area contributed by atoms with Crippen LogP contribution in [0, 0.1) is 23.7 Å². The molecule has 19 heavy (non-hydrogen) atoms. The standard InChI is InChI=1S/C17H21NO/c1-19-17-10-9-15-11-12-18(17)13-16(15)8-7-14-5-3-2-4-6-14/h2-6,15-17H,9-13H2,1H3/t15-,16+,17+/m1/s1. The Hall–Kier alpha value is -1.30. The lowest BCUT2D eigenvalue weighted by Crippen LogP contribution is -2.42. The Bertz CT molecular complexity index is 473. The Labute approximate surface area is 115 Å². The average Bonchev–Trinajstić information content (AvgIpc) is 2.77. The summed E-state index contributed by atoms with van der Waals surface area (Å²) in [6, 6.07) is 10.3. The second-order valence-electron chi connectivity index (χ2n) is 5.55. The third-order valence-corrected chi connectivity index (χ3v) is 4.43. The van der Waals surface area contributed by atoms with E-state index in [-0.39, 0.29) is 0 Å². The zero-order valence-electron chi connectivity index (χ0n) is 11.5. The number of rotatable bonds is 1. The van der Waals surface area contributed by atoms with Crippen molar-refractivity contribution >= 4 is 0 Å². The maximum Gasteiger partial charge on any atom is 0.110 e. The number of hydrogen-bond acceptors (Lipinski definition) is 2. The van der Waals surface area contributed by atoms with Crippen LogP contribution < -0.4 is 0 Å². The van der Waals surface area contributed by atoms with Crippen LogP contribution in [-0.2, 0) is 4.74 Å². The molecule has 1 unspecified atom stereocenters. The Morgan fingerprint density at radius 1 is 1.16 bits per heavy atom. The summed E-state index contributed by atoms with van der Waals surface area (Å²) in [6.07, 6.45) is 4.00. The van der Waals surface area contributed by atoms with E-state index >= 15 is 0 Å². The fraction of sp³-hybridized carbons (Fsp3) is 0.529. The van der Waals surface area contributed by atoms with Crippen molar-refractivity contribution < 1.29 is 4.74 Å². The number of hydrogen-bond donors (Lipinski definition) is 0. The Balaban J connectivity index is 1.74. The second kappa shape index (κ2) is 5.77. The van der Waals surface area contributed by atoms with Crippen LogP contribution in [0.4, 0.5) is 0 Å². The van der Waals surface area contributed by atoms with Gasteiger partial charge in [0.2, 0.25) is 0 Å². The van der Waals surface area contributed by atoms with Gasteiger partial charge in [-0.1, -0.05) is 30.0 Å². The third-order valence-electron chi connectivity index (χ3n) is 4.43. The molecule has 100 valence electrons. The molecular formula is C17H21NO. The van der Waals surface area contributed by atoms with Crippen LogP contribution in [0.5, 0.6) is 0 Å². The quantitative estimate of drug-likeness (QED) is 0.715. The molecule has 3 aliphatic rings. The van der Waals surface area contributed by atoms with E-state index in [2.05, 4.69) is 28.9 Å². The normalized spacial score (nSPS) is 33.3. The summed E-state index contributed by atoms with van der Waals surface area (Å²) in [7, 11) is 1.83. The van der Waals surface area contributed by atoms with Gasteiger partial charge in [0.15, 0.2) is 0 Å². The van der Waals surface area contributed by atoms with E-state index in [4.69, 9.17) is 4.74 Å². The van der Waals surface area contributed by atoms with Crippen LogP contribution in [0.15, 0.2) is 30.3 Å². The summed E-state index contributed by atoms with van der Waals surface area (Å²) in [5, 5.41) is 0. The van der Waals surface area contributed by atoms with Crippen LogP contribution in [0.25, 0.3) is 0 Å². The number of methoxy groups -OCH3 is 1. The number of ether oxygens (including phenoxy) is 1. The average molecular weight is 255 g/mol. The molecule has 0 N–H and O–H groups in total. The molecule has 0 saturated carbocycles.